The maximum atomic E-state index is 8.09. The molecule has 0 heterocycles. The topological polar surface area (TPSA) is 85.7 Å². The van der Waals surface area contributed by atoms with Gasteiger partial charge >= 0.3 is 0 Å². The quantitative estimate of drug-likeness (QED) is 0.0338. The molecular formula is C26H54BrN3O4. The fraction of sp³-hybridized carbons (Fsp3) is 1.00. The third-order valence-corrected chi connectivity index (χ3v) is 5.66. The van der Waals surface area contributed by atoms with Gasteiger partial charge in [-0.15, -0.1) is 0 Å². The molecule has 7 nitrogen and oxygen atoms in total. The summed E-state index contributed by atoms with van der Waals surface area (Å²) in [6, 6.07) is 0. The van der Waals surface area contributed by atoms with Crippen LogP contribution in [-0.4, -0.2) is 64.7 Å². The number of hydrogen-bond acceptors (Lipinski definition) is 5. The van der Waals surface area contributed by atoms with Gasteiger partial charge in [-0.25, -0.2) is 0 Å². The first-order chi connectivity index (χ1) is 16.8. The van der Waals surface area contributed by atoms with Crippen molar-refractivity contribution in [3.05, 3.63) is 10.4 Å². The number of alkyl halides is 1. The van der Waals surface area contributed by atoms with Crippen LogP contribution >= 0.6 is 15.9 Å². The van der Waals surface area contributed by atoms with Gasteiger partial charge in [0, 0.05) is 69.6 Å². The molecule has 0 aromatic carbocycles. The second-order valence-electron chi connectivity index (χ2n) is 8.21. The van der Waals surface area contributed by atoms with Crippen molar-refractivity contribution in [2.75, 3.05) is 64.7 Å². The Bertz CT molecular complexity index is 386. The van der Waals surface area contributed by atoms with E-state index in [0.29, 0.717) is 6.54 Å². The third-order valence-electron chi connectivity index (χ3n) is 5.10. The Morgan fingerprint density at radius 3 is 1.35 bits per heavy atom. The van der Waals surface area contributed by atoms with Crippen molar-refractivity contribution in [2.24, 2.45) is 5.11 Å². The Balaban J connectivity index is 0. The minimum absolute atomic E-state index is 0.638. The van der Waals surface area contributed by atoms with Crippen LogP contribution in [0.5, 0.6) is 0 Å². The Morgan fingerprint density at radius 2 is 0.912 bits per heavy atom. The number of unbranched alkanes of at least 4 members (excludes halogenated alkanes) is 10. The molecule has 0 atom stereocenters. The van der Waals surface area contributed by atoms with Crippen LogP contribution in [0.3, 0.4) is 0 Å². The second kappa shape index (κ2) is 37.2. The lowest BCUT2D eigenvalue weighted by molar-refractivity contribution is 0.0858. The molecule has 34 heavy (non-hydrogen) atoms. The zero-order valence-corrected chi connectivity index (χ0v) is 23.9. The molecule has 0 amide bonds. The zero-order chi connectivity index (χ0) is 25.2. The van der Waals surface area contributed by atoms with Crippen molar-refractivity contribution in [3.8, 4) is 0 Å². The lowest BCUT2D eigenvalue weighted by atomic mass is 10.1. The number of ether oxygens (including phenoxy) is 4. The van der Waals surface area contributed by atoms with E-state index < -0.39 is 0 Å². The van der Waals surface area contributed by atoms with Gasteiger partial charge in [0.1, 0.15) is 0 Å². The highest BCUT2D eigenvalue weighted by Gasteiger charge is 1.94. The Kier molecular flexibility index (Phi) is 39.1. The number of halogens is 1. The molecule has 204 valence electrons. The van der Waals surface area contributed by atoms with Gasteiger partial charge in [0.15, 0.2) is 0 Å². The van der Waals surface area contributed by atoms with E-state index in [9.17, 15) is 0 Å². The van der Waals surface area contributed by atoms with Crippen molar-refractivity contribution < 1.29 is 18.9 Å². The molecule has 8 heteroatoms. The van der Waals surface area contributed by atoms with E-state index in [1.54, 1.807) is 0 Å². The summed E-state index contributed by atoms with van der Waals surface area (Å²) in [6.07, 6.45) is 17.0. The van der Waals surface area contributed by atoms with E-state index in [-0.39, 0.29) is 0 Å². The summed E-state index contributed by atoms with van der Waals surface area (Å²) in [5.74, 6) is 0. The summed E-state index contributed by atoms with van der Waals surface area (Å²) >= 11 is 3.45. The average molecular weight is 553 g/mol. The van der Waals surface area contributed by atoms with Gasteiger partial charge in [0.05, 0.1) is 0 Å². The number of nitrogens with zero attached hydrogens (tertiary/aromatic N) is 3. The van der Waals surface area contributed by atoms with Crippen molar-refractivity contribution in [3.63, 3.8) is 0 Å². The van der Waals surface area contributed by atoms with Crippen molar-refractivity contribution in [1.29, 1.82) is 0 Å². The van der Waals surface area contributed by atoms with E-state index in [4.69, 9.17) is 24.5 Å². The van der Waals surface area contributed by atoms with E-state index in [1.165, 1.54) is 57.8 Å². The zero-order valence-electron chi connectivity index (χ0n) is 22.3. The number of rotatable bonds is 27. The predicted octanol–water partition coefficient (Wildman–Crippen LogP) is 8.25. The number of azide groups is 1. The summed E-state index contributed by atoms with van der Waals surface area (Å²) in [4.78, 5) is 2.73. The fourth-order valence-electron chi connectivity index (χ4n) is 3.16. The van der Waals surface area contributed by atoms with Crippen LogP contribution in [0.2, 0.25) is 0 Å². The second-order valence-corrected chi connectivity index (χ2v) is 9.00. The maximum Gasteiger partial charge on any atom is 0.0487 e. The average Bonchev–Trinajstić information content (AvgIpc) is 2.85. The molecule has 0 N–H and O–H groups in total. The predicted molar refractivity (Wildman–Crippen MR) is 147 cm³/mol. The van der Waals surface area contributed by atoms with Crippen LogP contribution in [0.25, 0.3) is 10.4 Å². The Labute approximate surface area is 218 Å². The summed E-state index contributed by atoms with van der Waals surface area (Å²) in [7, 11) is 0. The van der Waals surface area contributed by atoms with Crippen LogP contribution in [-0.2, 0) is 18.9 Å². The van der Waals surface area contributed by atoms with Crippen LogP contribution in [0, 0.1) is 0 Å². The van der Waals surface area contributed by atoms with Gasteiger partial charge in [-0.05, 0) is 57.9 Å². The molecule has 0 aliphatic heterocycles. The Morgan fingerprint density at radius 1 is 0.529 bits per heavy atom. The van der Waals surface area contributed by atoms with Crippen LogP contribution < -0.4 is 0 Å². The smallest absolute Gasteiger partial charge is 0.0487 e. The molecule has 0 aliphatic rings. The molecular weight excluding hydrogens is 498 g/mol. The van der Waals surface area contributed by atoms with Gasteiger partial charge in [-0.2, -0.15) is 0 Å². The summed E-state index contributed by atoms with van der Waals surface area (Å²) in [5.41, 5.74) is 8.09. The highest BCUT2D eigenvalue weighted by atomic mass is 79.9. The van der Waals surface area contributed by atoms with Crippen molar-refractivity contribution >= 4 is 15.9 Å². The molecule has 0 unspecified atom stereocenters. The van der Waals surface area contributed by atoms with Crippen LogP contribution in [0.1, 0.15) is 104 Å². The van der Waals surface area contributed by atoms with Gasteiger partial charge in [0.2, 0.25) is 0 Å². The van der Waals surface area contributed by atoms with E-state index in [0.717, 1.165) is 90.3 Å². The lowest BCUT2D eigenvalue weighted by Crippen LogP contribution is -2.01. The lowest BCUT2D eigenvalue weighted by Gasteiger charge is -2.04. The summed E-state index contributed by atoms with van der Waals surface area (Å²) in [5, 5.41) is 4.66. The SMILES string of the molecule is CCOCCCOCCCCCCCCBr.CCOCCCOCCCCCCCCN=[N+]=[N-]. The molecule has 0 radical (unpaired) electrons. The molecule has 0 aliphatic carbocycles. The van der Waals surface area contributed by atoms with Crippen LogP contribution in [0.15, 0.2) is 5.11 Å². The highest BCUT2D eigenvalue weighted by molar-refractivity contribution is 9.09. The van der Waals surface area contributed by atoms with Gasteiger partial charge in [-0.3, -0.25) is 0 Å². The van der Waals surface area contributed by atoms with Crippen molar-refractivity contribution in [2.45, 2.75) is 104 Å². The first-order valence-corrected chi connectivity index (χ1v) is 14.8. The van der Waals surface area contributed by atoms with Gasteiger partial charge < -0.3 is 18.9 Å². The molecule has 0 aromatic rings. The normalized spacial score (nSPS) is 10.6. The summed E-state index contributed by atoms with van der Waals surface area (Å²) < 4.78 is 21.5. The largest absolute Gasteiger partial charge is 0.382 e. The number of hydrogen-bond donors (Lipinski definition) is 0. The van der Waals surface area contributed by atoms with E-state index >= 15 is 0 Å². The first-order valence-electron chi connectivity index (χ1n) is 13.7. The highest BCUT2D eigenvalue weighted by Crippen LogP contribution is 2.07. The molecule has 0 bridgehead atoms. The van der Waals surface area contributed by atoms with E-state index in [1.807, 2.05) is 13.8 Å². The third kappa shape index (κ3) is 38.9. The minimum atomic E-state index is 0.638. The molecule has 0 aromatic heterocycles. The summed E-state index contributed by atoms with van der Waals surface area (Å²) in [6.45, 7) is 11.4. The molecule has 0 saturated carbocycles. The van der Waals surface area contributed by atoms with E-state index in [2.05, 4.69) is 26.0 Å². The molecule has 0 fully saturated rings. The first kappa shape index (κ1) is 35.8. The van der Waals surface area contributed by atoms with Crippen LogP contribution in [0.4, 0.5) is 0 Å². The fourth-order valence-corrected chi connectivity index (χ4v) is 3.56. The molecule has 0 spiro atoms. The molecule has 0 rings (SSSR count). The minimum Gasteiger partial charge on any atom is -0.382 e. The molecule has 0 saturated heterocycles. The van der Waals surface area contributed by atoms with Gasteiger partial charge in [0.25, 0.3) is 0 Å². The van der Waals surface area contributed by atoms with Gasteiger partial charge in [-0.1, -0.05) is 72.4 Å². The monoisotopic (exact) mass is 551 g/mol. The Hall–Kier alpha value is -0.370. The van der Waals surface area contributed by atoms with Crippen molar-refractivity contribution in [1.82, 2.24) is 0 Å². The standard InChI is InChI=1S/C13H27BrO2.C13H27N3O2/c1-2-15-12-9-13-16-11-8-6-4-3-5-7-10-14;1-2-17-12-9-13-18-11-8-6-4-3-5-7-10-15-16-14/h2-13H2,1H3;2-13H2,1H3. The maximum absolute atomic E-state index is 8.09.